The molecule has 1 aromatic carbocycles. The first-order valence-electron chi connectivity index (χ1n) is 5.31. The summed E-state index contributed by atoms with van der Waals surface area (Å²) in [4.78, 5) is 5.47. The number of benzene rings is 1. The van der Waals surface area contributed by atoms with Crippen molar-refractivity contribution in [2.45, 2.75) is 5.60 Å². The van der Waals surface area contributed by atoms with Gasteiger partial charge in [-0.1, -0.05) is 24.1 Å². The first-order chi connectivity index (χ1) is 7.86. The molecule has 0 saturated carbocycles. The predicted molar refractivity (Wildman–Crippen MR) is 61.2 cm³/mol. The minimum absolute atomic E-state index is 0.152. The van der Waals surface area contributed by atoms with E-state index in [0.717, 1.165) is 24.4 Å². The zero-order valence-electron chi connectivity index (χ0n) is 8.79. The van der Waals surface area contributed by atoms with Gasteiger partial charge in [0.15, 0.2) is 0 Å². The zero-order chi connectivity index (χ0) is 10.8. The molecule has 1 spiro atoms. The topological polar surface area (TPSA) is 33.3 Å². The van der Waals surface area contributed by atoms with Gasteiger partial charge in [-0.2, -0.15) is 0 Å². The molecule has 1 aromatic rings. The molecule has 0 amide bonds. The van der Waals surface area contributed by atoms with Gasteiger partial charge in [-0.3, -0.25) is 10.3 Å². The van der Waals surface area contributed by atoms with E-state index in [1.807, 2.05) is 30.3 Å². The predicted octanol–water partition coefficient (Wildman–Crippen LogP) is 0.799. The number of hydroxylamine groups is 1. The van der Waals surface area contributed by atoms with Gasteiger partial charge in [0.05, 0.1) is 0 Å². The number of hydrogen-bond donors (Lipinski definition) is 2. The Labute approximate surface area is 94.5 Å². The van der Waals surface area contributed by atoms with Gasteiger partial charge in [-0.05, 0) is 24.1 Å². The van der Waals surface area contributed by atoms with E-state index in [-0.39, 0.29) is 5.60 Å². The Balaban J connectivity index is 1.77. The molecule has 0 radical (unpaired) electrons. The van der Waals surface area contributed by atoms with Crippen LogP contribution in [0.3, 0.4) is 0 Å². The summed E-state index contributed by atoms with van der Waals surface area (Å²) in [5.41, 5.74) is 4.58. The quantitative estimate of drug-likeness (QED) is 0.624. The minimum atomic E-state index is -0.152. The molecule has 16 heavy (non-hydrogen) atoms. The summed E-state index contributed by atoms with van der Waals surface area (Å²) >= 11 is 0. The molecule has 2 N–H and O–H groups in total. The van der Waals surface area contributed by atoms with Crippen molar-refractivity contribution < 1.29 is 4.84 Å². The van der Waals surface area contributed by atoms with Gasteiger partial charge in [0.2, 0.25) is 0 Å². The van der Waals surface area contributed by atoms with E-state index in [9.17, 15) is 0 Å². The van der Waals surface area contributed by atoms with E-state index in [0.29, 0.717) is 0 Å². The average Bonchev–Trinajstić information content (AvgIpc) is 2.72. The van der Waals surface area contributed by atoms with Crippen molar-refractivity contribution in [1.82, 2.24) is 10.8 Å². The molecule has 2 aliphatic rings. The molecule has 3 rings (SSSR count). The van der Waals surface area contributed by atoms with Crippen LogP contribution in [0.15, 0.2) is 42.1 Å². The molecule has 0 aliphatic carbocycles. The maximum absolute atomic E-state index is 5.47. The second kappa shape index (κ2) is 3.67. The molecule has 0 bridgehead atoms. The van der Waals surface area contributed by atoms with Crippen LogP contribution < -0.4 is 10.8 Å². The van der Waals surface area contributed by atoms with Crippen LogP contribution in [0.2, 0.25) is 0 Å². The fourth-order valence-corrected chi connectivity index (χ4v) is 1.75. The standard InChI is InChI=1S/C13H12N2O/c1-2-4-11(5-3-1)6-7-12-8-13(16-15-12)9-14-10-13/h1-5,8,14-15H,9-10H2. The van der Waals surface area contributed by atoms with Crippen molar-refractivity contribution in [3.63, 3.8) is 0 Å². The Bertz CT molecular complexity index is 478. The van der Waals surface area contributed by atoms with Crippen molar-refractivity contribution in [3.8, 4) is 11.8 Å². The Morgan fingerprint density at radius 3 is 2.56 bits per heavy atom. The van der Waals surface area contributed by atoms with E-state index in [4.69, 9.17) is 4.84 Å². The molecule has 80 valence electrons. The minimum Gasteiger partial charge on any atom is -0.310 e. The SMILES string of the molecule is C(#Cc1ccccc1)C1=CC2(CNC2)ON1. The fraction of sp³-hybridized carbons (Fsp3) is 0.231. The zero-order valence-corrected chi connectivity index (χ0v) is 8.79. The largest absolute Gasteiger partial charge is 0.310 e. The Kier molecular flexibility index (Phi) is 2.17. The van der Waals surface area contributed by atoms with Crippen LogP contribution in [0.1, 0.15) is 5.56 Å². The summed E-state index contributed by atoms with van der Waals surface area (Å²) in [6.45, 7) is 1.72. The fourth-order valence-electron chi connectivity index (χ4n) is 1.75. The highest BCUT2D eigenvalue weighted by molar-refractivity contribution is 5.41. The van der Waals surface area contributed by atoms with E-state index < -0.39 is 0 Å². The number of rotatable bonds is 0. The van der Waals surface area contributed by atoms with Gasteiger partial charge < -0.3 is 5.32 Å². The van der Waals surface area contributed by atoms with Gasteiger partial charge in [-0.15, -0.1) is 0 Å². The average molecular weight is 212 g/mol. The lowest BCUT2D eigenvalue weighted by Gasteiger charge is -2.34. The third kappa shape index (κ3) is 1.69. The molecule has 0 aromatic heterocycles. The van der Waals surface area contributed by atoms with E-state index in [1.54, 1.807) is 0 Å². The van der Waals surface area contributed by atoms with Crippen LogP contribution in [0.4, 0.5) is 0 Å². The van der Waals surface area contributed by atoms with Gasteiger partial charge in [-0.25, -0.2) is 0 Å². The second-order valence-corrected chi connectivity index (χ2v) is 4.05. The molecule has 2 aliphatic heterocycles. The maximum Gasteiger partial charge on any atom is 0.142 e. The maximum atomic E-state index is 5.47. The Morgan fingerprint density at radius 2 is 1.94 bits per heavy atom. The van der Waals surface area contributed by atoms with E-state index in [1.165, 1.54) is 0 Å². The van der Waals surface area contributed by atoms with Crippen molar-refractivity contribution in [1.29, 1.82) is 0 Å². The van der Waals surface area contributed by atoms with Gasteiger partial charge in [0, 0.05) is 18.7 Å². The molecule has 1 saturated heterocycles. The monoisotopic (exact) mass is 212 g/mol. The first kappa shape index (κ1) is 9.46. The van der Waals surface area contributed by atoms with Gasteiger partial charge >= 0.3 is 0 Å². The lowest BCUT2D eigenvalue weighted by Crippen LogP contribution is -2.59. The summed E-state index contributed by atoms with van der Waals surface area (Å²) < 4.78 is 0. The van der Waals surface area contributed by atoms with Crippen LogP contribution >= 0.6 is 0 Å². The molecule has 0 unspecified atom stereocenters. The number of hydrogen-bond acceptors (Lipinski definition) is 3. The smallest absolute Gasteiger partial charge is 0.142 e. The highest BCUT2D eigenvalue weighted by Gasteiger charge is 2.40. The lowest BCUT2D eigenvalue weighted by molar-refractivity contribution is -0.0689. The molecule has 0 atom stereocenters. The third-order valence-electron chi connectivity index (χ3n) is 2.74. The highest BCUT2D eigenvalue weighted by Crippen LogP contribution is 2.23. The normalized spacial score (nSPS) is 20.4. The molecule has 2 heterocycles. The third-order valence-corrected chi connectivity index (χ3v) is 2.74. The Hall–Kier alpha value is -1.76. The van der Waals surface area contributed by atoms with Crippen molar-refractivity contribution in [2.24, 2.45) is 0 Å². The highest BCUT2D eigenvalue weighted by atomic mass is 16.7. The van der Waals surface area contributed by atoms with E-state index >= 15 is 0 Å². The first-order valence-corrected chi connectivity index (χ1v) is 5.31. The van der Waals surface area contributed by atoms with E-state index in [2.05, 4.69) is 28.7 Å². The van der Waals surface area contributed by atoms with Crippen LogP contribution in [0.25, 0.3) is 0 Å². The summed E-state index contributed by atoms with van der Waals surface area (Å²) in [5.74, 6) is 6.16. The number of allylic oxidation sites excluding steroid dienone is 1. The van der Waals surface area contributed by atoms with Crippen LogP contribution in [-0.4, -0.2) is 18.7 Å². The summed E-state index contributed by atoms with van der Waals surface area (Å²) in [6.07, 6.45) is 2.06. The van der Waals surface area contributed by atoms with Gasteiger partial charge in [0.1, 0.15) is 11.3 Å². The van der Waals surface area contributed by atoms with Crippen LogP contribution in [0.5, 0.6) is 0 Å². The lowest BCUT2D eigenvalue weighted by atomic mass is 9.97. The molecule has 3 heteroatoms. The second-order valence-electron chi connectivity index (χ2n) is 4.05. The van der Waals surface area contributed by atoms with Crippen LogP contribution in [0, 0.1) is 11.8 Å². The van der Waals surface area contributed by atoms with Crippen LogP contribution in [-0.2, 0) is 4.84 Å². The number of nitrogens with one attached hydrogen (secondary N) is 2. The van der Waals surface area contributed by atoms with Crippen molar-refractivity contribution in [2.75, 3.05) is 13.1 Å². The summed E-state index contributed by atoms with van der Waals surface area (Å²) in [6, 6.07) is 9.92. The van der Waals surface area contributed by atoms with Gasteiger partial charge in [0.25, 0.3) is 0 Å². The van der Waals surface area contributed by atoms with Crippen molar-refractivity contribution in [3.05, 3.63) is 47.7 Å². The summed E-state index contributed by atoms with van der Waals surface area (Å²) in [5, 5.41) is 3.18. The summed E-state index contributed by atoms with van der Waals surface area (Å²) in [7, 11) is 0. The Morgan fingerprint density at radius 1 is 1.12 bits per heavy atom. The molecule has 1 fully saturated rings. The molecular formula is C13H12N2O. The molecule has 3 nitrogen and oxygen atoms in total. The van der Waals surface area contributed by atoms with Crippen molar-refractivity contribution >= 4 is 0 Å². The molecular weight excluding hydrogens is 200 g/mol.